The summed E-state index contributed by atoms with van der Waals surface area (Å²) in [6.07, 6.45) is -0.878. The Bertz CT molecular complexity index is 1440. The number of nitrogens with zero attached hydrogens (tertiary/aromatic N) is 5. The number of ether oxygens (including phenoxy) is 4. The van der Waals surface area contributed by atoms with Crippen molar-refractivity contribution >= 4 is 34.9 Å². The molecule has 2 aromatic heterocycles. The van der Waals surface area contributed by atoms with Gasteiger partial charge in [-0.1, -0.05) is 12.1 Å². The Morgan fingerprint density at radius 1 is 1.10 bits per heavy atom. The monoisotopic (exact) mass is 537 g/mol. The summed E-state index contributed by atoms with van der Waals surface area (Å²) < 4.78 is 25.8. The van der Waals surface area contributed by atoms with E-state index in [1.54, 1.807) is 49.0 Å². The van der Waals surface area contributed by atoms with Gasteiger partial charge in [0.25, 0.3) is 11.8 Å². The lowest BCUT2D eigenvalue weighted by Crippen LogP contribution is -2.38. The number of aromatic nitrogens is 4. The van der Waals surface area contributed by atoms with Crippen LogP contribution in [-0.4, -0.2) is 79.1 Å². The number of nitrogens with two attached hydrogens (primary N) is 2. The quantitative estimate of drug-likeness (QED) is 0.414. The third-order valence-electron chi connectivity index (χ3n) is 7.12. The predicted molar refractivity (Wildman–Crippen MR) is 133 cm³/mol. The molecular weight excluding hydrogens is 510 g/mol. The largest absolute Gasteiger partial charge is 0.446 e. The first-order chi connectivity index (χ1) is 18.6. The lowest BCUT2D eigenvalue weighted by Gasteiger charge is -2.27. The van der Waals surface area contributed by atoms with Gasteiger partial charge < -0.3 is 30.4 Å². The van der Waals surface area contributed by atoms with Crippen LogP contribution in [0.2, 0.25) is 0 Å². The van der Waals surface area contributed by atoms with Gasteiger partial charge >= 0.3 is 6.09 Å². The van der Waals surface area contributed by atoms with Gasteiger partial charge in [0.05, 0.1) is 23.6 Å². The smallest absolute Gasteiger partial charge is 0.404 e. The zero-order chi connectivity index (χ0) is 27.5. The van der Waals surface area contributed by atoms with Gasteiger partial charge in [-0.25, -0.2) is 19.7 Å². The van der Waals surface area contributed by atoms with Crippen molar-refractivity contribution in [2.24, 2.45) is 5.73 Å². The molecule has 5 heterocycles. The fourth-order valence-corrected chi connectivity index (χ4v) is 5.49. The van der Waals surface area contributed by atoms with Gasteiger partial charge in [-0.3, -0.25) is 19.1 Å². The molecule has 3 aromatic rings. The van der Waals surface area contributed by atoms with Crippen LogP contribution in [0.3, 0.4) is 0 Å². The number of anilines is 1. The number of nitrogen functional groups attached to an aromatic ring is 1. The number of hydrogen-bond donors (Lipinski definition) is 2. The molecule has 0 saturated carbocycles. The first kappa shape index (κ1) is 25.2. The van der Waals surface area contributed by atoms with Crippen molar-refractivity contribution in [2.45, 2.75) is 63.1 Å². The van der Waals surface area contributed by atoms with Crippen molar-refractivity contribution in [1.29, 1.82) is 0 Å². The van der Waals surface area contributed by atoms with Crippen LogP contribution in [0.15, 0.2) is 36.9 Å². The van der Waals surface area contributed by atoms with Crippen LogP contribution in [0.1, 0.15) is 53.6 Å². The molecule has 3 aliphatic rings. The number of fused-ring (bicyclic) bond motifs is 3. The summed E-state index contributed by atoms with van der Waals surface area (Å²) >= 11 is 0. The maximum absolute atomic E-state index is 12.8. The minimum absolute atomic E-state index is 0.0275. The Balaban J connectivity index is 1.22. The Hall–Kier alpha value is -4.14. The molecule has 0 radical (unpaired) electrons. The molecule has 3 amide bonds. The molecule has 204 valence electrons. The molecule has 2 fully saturated rings. The minimum Gasteiger partial charge on any atom is -0.446 e. The third-order valence-corrected chi connectivity index (χ3v) is 7.12. The average Bonchev–Trinajstić information content (AvgIpc) is 3.60. The average molecular weight is 538 g/mol. The number of rotatable bonds is 7. The van der Waals surface area contributed by atoms with E-state index in [0.717, 1.165) is 4.90 Å². The van der Waals surface area contributed by atoms with Crippen molar-refractivity contribution in [3.63, 3.8) is 0 Å². The van der Waals surface area contributed by atoms with Crippen LogP contribution >= 0.6 is 0 Å². The van der Waals surface area contributed by atoms with Gasteiger partial charge in [-0.15, -0.1) is 0 Å². The maximum Gasteiger partial charge on any atom is 0.404 e. The predicted octanol–water partition coefficient (Wildman–Crippen LogP) is 1.37. The lowest BCUT2D eigenvalue weighted by molar-refractivity contribution is -0.199. The Kier molecular flexibility index (Phi) is 5.97. The fourth-order valence-electron chi connectivity index (χ4n) is 5.49. The van der Waals surface area contributed by atoms with E-state index in [-0.39, 0.29) is 25.2 Å². The molecule has 4 N–H and O–H groups in total. The van der Waals surface area contributed by atoms with E-state index < -0.39 is 54.3 Å². The van der Waals surface area contributed by atoms with E-state index >= 15 is 0 Å². The summed E-state index contributed by atoms with van der Waals surface area (Å²) in [5.74, 6) is -1.46. The number of carbonyl (C=O) groups is 3. The molecule has 3 aliphatic heterocycles. The summed E-state index contributed by atoms with van der Waals surface area (Å²) in [6, 6.07) is 6.62. The zero-order valence-corrected chi connectivity index (χ0v) is 21.2. The van der Waals surface area contributed by atoms with E-state index in [0.29, 0.717) is 22.3 Å². The van der Waals surface area contributed by atoms with Gasteiger partial charge in [0, 0.05) is 19.4 Å². The van der Waals surface area contributed by atoms with Gasteiger partial charge in [0.2, 0.25) is 0 Å². The topological polar surface area (TPSA) is 187 Å². The molecule has 0 bridgehead atoms. The number of imidazole rings is 1. The number of hydrogen-bond acceptors (Lipinski definition) is 11. The molecule has 2 saturated heterocycles. The molecule has 1 unspecified atom stereocenters. The van der Waals surface area contributed by atoms with Crippen LogP contribution in [0.25, 0.3) is 11.2 Å². The SMILES string of the molecule is CC1(C)O[C@@H]2[C@H](O1)[C@@H](CC(CCN1C(=O)c3ccccc3C1=O)OC(N)=O)O[C@H]2n1cnc2c(N)ncnc21. The zero-order valence-electron chi connectivity index (χ0n) is 21.2. The van der Waals surface area contributed by atoms with Crippen molar-refractivity contribution < 1.29 is 33.3 Å². The van der Waals surface area contributed by atoms with E-state index in [1.807, 2.05) is 0 Å². The Labute approximate surface area is 222 Å². The highest BCUT2D eigenvalue weighted by molar-refractivity contribution is 6.21. The van der Waals surface area contributed by atoms with E-state index in [4.69, 9.17) is 30.4 Å². The summed E-state index contributed by atoms with van der Waals surface area (Å²) in [5, 5.41) is 0. The van der Waals surface area contributed by atoms with Crippen molar-refractivity contribution in [2.75, 3.05) is 12.3 Å². The Morgan fingerprint density at radius 2 is 1.79 bits per heavy atom. The molecule has 6 rings (SSSR count). The Morgan fingerprint density at radius 3 is 2.49 bits per heavy atom. The van der Waals surface area contributed by atoms with Gasteiger partial charge in [-0.2, -0.15) is 0 Å². The maximum atomic E-state index is 12.8. The molecule has 1 aromatic carbocycles. The minimum atomic E-state index is -0.981. The van der Waals surface area contributed by atoms with Gasteiger partial charge in [0.15, 0.2) is 23.5 Å². The fraction of sp³-hybridized carbons (Fsp3) is 0.440. The highest BCUT2D eigenvalue weighted by atomic mass is 16.8. The number of carbonyl (C=O) groups excluding carboxylic acids is 3. The van der Waals surface area contributed by atoms with E-state index in [9.17, 15) is 14.4 Å². The molecule has 14 heteroatoms. The number of imide groups is 1. The summed E-state index contributed by atoms with van der Waals surface area (Å²) in [6.45, 7) is 3.62. The van der Waals surface area contributed by atoms with Crippen LogP contribution in [0.4, 0.5) is 10.6 Å². The summed E-state index contributed by atoms with van der Waals surface area (Å²) in [7, 11) is 0. The standard InChI is InChI=1S/C25H27N7O7/c1-25(2)38-17-15(37-23(18(17)39-25)32-11-30-16-19(26)28-10-29-20(16)32)9-12(36-24(27)35)7-8-31-21(33)13-5-3-4-6-14(13)22(31)34/h3-6,10-12,15,17-18,23H,7-9H2,1-2H3,(H2,27,35)(H2,26,28,29)/t12?,15-,17-,18-,23-/m1/s1. The highest BCUT2D eigenvalue weighted by Gasteiger charge is 2.56. The second-order valence-corrected chi connectivity index (χ2v) is 10.1. The van der Waals surface area contributed by atoms with Crippen molar-refractivity contribution in [1.82, 2.24) is 24.4 Å². The molecule has 0 aliphatic carbocycles. The van der Waals surface area contributed by atoms with Crippen LogP contribution in [0.5, 0.6) is 0 Å². The first-order valence-electron chi connectivity index (χ1n) is 12.5. The number of benzene rings is 1. The molecule has 0 spiro atoms. The molecule has 14 nitrogen and oxygen atoms in total. The van der Waals surface area contributed by atoms with Crippen LogP contribution < -0.4 is 11.5 Å². The first-order valence-corrected chi connectivity index (χ1v) is 12.5. The van der Waals surface area contributed by atoms with Crippen LogP contribution in [0, 0.1) is 0 Å². The van der Waals surface area contributed by atoms with Gasteiger partial charge in [0.1, 0.15) is 30.2 Å². The summed E-state index contributed by atoms with van der Waals surface area (Å²) in [5.41, 5.74) is 12.9. The van der Waals surface area contributed by atoms with E-state index in [1.165, 1.54) is 6.33 Å². The van der Waals surface area contributed by atoms with Crippen molar-refractivity contribution in [3.05, 3.63) is 48.0 Å². The second-order valence-electron chi connectivity index (χ2n) is 10.1. The number of amides is 3. The van der Waals surface area contributed by atoms with Crippen molar-refractivity contribution in [3.8, 4) is 0 Å². The van der Waals surface area contributed by atoms with Crippen LogP contribution in [-0.2, 0) is 18.9 Å². The third kappa shape index (κ3) is 4.35. The van der Waals surface area contributed by atoms with Gasteiger partial charge in [-0.05, 0) is 26.0 Å². The lowest BCUT2D eigenvalue weighted by atomic mass is 10.0. The second kappa shape index (κ2) is 9.25. The molecule has 39 heavy (non-hydrogen) atoms. The molecule has 5 atom stereocenters. The summed E-state index contributed by atoms with van der Waals surface area (Å²) in [4.78, 5) is 51.1. The number of primary amides is 1. The normalized spacial score (nSPS) is 26.2. The highest BCUT2D eigenvalue weighted by Crippen LogP contribution is 2.45. The molecular formula is C25H27N7O7. The van der Waals surface area contributed by atoms with E-state index in [2.05, 4.69) is 15.0 Å².